The second-order valence-electron chi connectivity index (χ2n) is 4.10. The molecule has 0 aliphatic heterocycles. The molecule has 19 heavy (non-hydrogen) atoms. The van der Waals surface area contributed by atoms with E-state index < -0.39 is 6.10 Å². The molecule has 1 aromatic carbocycles. The van der Waals surface area contributed by atoms with Crippen molar-refractivity contribution >= 4 is 15.9 Å². The van der Waals surface area contributed by atoms with Gasteiger partial charge in [-0.1, -0.05) is 28.0 Å². The number of benzene rings is 1. The fourth-order valence-electron chi connectivity index (χ4n) is 1.61. The number of aliphatic hydroxyl groups excluding tert-OH is 1. The van der Waals surface area contributed by atoms with Crippen molar-refractivity contribution in [2.75, 3.05) is 0 Å². The SMILES string of the molecule is CCc1noc(COc2ccc(Br)cc2C(C)O)n1. The first-order valence-electron chi connectivity index (χ1n) is 6.02. The lowest BCUT2D eigenvalue weighted by molar-refractivity contribution is 0.185. The average Bonchev–Trinajstić information content (AvgIpc) is 2.85. The van der Waals surface area contributed by atoms with E-state index in [1.54, 1.807) is 13.0 Å². The van der Waals surface area contributed by atoms with Crippen molar-refractivity contribution in [1.29, 1.82) is 0 Å². The summed E-state index contributed by atoms with van der Waals surface area (Å²) >= 11 is 3.37. The van der Waals surface area contributed by atoms with Crippen LogP contribution in [0.3, 0.4) is 0 Å². The molecule has 0 bridgehead atoms. The molecule has 0 aliphatic rings. The Balaban J connectivity index is 2.10. The van der Waals surface area contributed by atoms with Crippen LogP contribution in [0.15, 0.2) is 27.2 Å². The molecule has 0 amide bonds. The summed E-state index contributed by atoms with van der Waals surface area (Å²) in [5.74, 6) is 1.69. The number of halogens is 1. The number of aryl methyl sites for hydroxylation is 1. The molecule has 5 nitrogen and oxygen atoms in total. The van der Waals surface area contributed by atoms with Gasteiger partial charge in [-0.2, -0.15) is 4.98 Å². The zero-order valence-corrected chi connectivity index (χ0v) is 12.3. The smallest absolute Gasteiger partial charge is 0.264 e. The zero-order valence-electron chi connectivity index (χ0n) is 10.8. The summed E-state index contributed by atoms with van der Waals surface area (Å²) in [6.45, 7) is 3.83. The van der Waals surface area contributed by atoms with Crippen molar-refractivity contribution < 1.29 is 14.4 Å². The number of aliphatic hydroxyl groups is 1. The van der Waals surface area contributed by atoms with E-state index >= 15 is 0 Å². The largest absolute Gasteiger partial charge is 0.483 e. The topological polar surface area (TPSA) is 68.4 Å². The van der Waals surface area contributed by atoms with Gasteiger partial charge in [-0.3, -0.25) is 0 Å². The highest BCUT2D eigenvalue weighted by atomic mass is 79.9. The Morgan fingerprint density at radius 3 is 2.89 bits per heavy atom. The summed E-state index contributed by atoms with van der Waals surface area (Å²) in [6.07, 6.45) is 0.113. The Bertz CT molecular complexity index is 555. The molecule has 1 aromatic heterocycles. The van der Waals surface area contributed by atoms with Gasteiger partial charge in [-0.05, 0) is 25.1 Å². The van der Waals surface area contributed by atoms with E-state index in [1.165, 1.54) is 0 Å². The van der Waals surface area contributed by atoms with Gasteiger partial charge in [0.05, 0.1) is 6.10 Å². The molecule has 102 valence electrons. The Hall–Kier alpha value is -1.40. The normalized spacial score (nSPS) is 12.4. The van der Waals surface area contributed by atoms with E-state index in [9.17, 15) is 5.11 Å². The Morgan fingerprint density at radius 1 is 1.47 bits per heavy atom. The molecule has 0 spiro atoms. The third-order valence-electron chi connectivity index (χ3n) is 2.60. The minimum absolute atomic E-state index is 0.189. The molecular weight excluding hydrogens is 312 g/mol. The highest BCUT2D eigenvalue weighted by molar-refractivity contribution is 9.10. The summed E-state index contributed by atoms with van der Waals surface area (Å²) in [4.78, 5) is 4.16. The molecule has 1 N–H and O–H groups in total. The quantitative estimate of drug-likeness (QED) is 0.914. The van der Waals surface area contributed by atoms with E-state index in [-0.39, 0.29) is 6.61 Å². The molecule has 2 aromatic rings. The Kier molecular flexibility index (Phi) is 4.55. The van der Waals surface area contributed by atoms with Crippen molar-refractivity contribution in [2.45, 2.75) is 33.0 Å². The fourth-order valence-corrected chi connectivity index (χ4v) is 1.99. The van der Waals surface area contributed by atoms with Crippen molar-refractivity contribution in [3.8, 4) is 5.75 Å². The standard InChI is InChI=1S/C13H15BrN2O3/c1-3-12-15-13(19-16-12)7-18-11-5-4-9(14)6-10(11)8(2)17/h4-6,8,17H,3,7H2,1-2H3. The molecule has 0 radical (unpaired) electrons. The highest BCUT2D eigenvalue weighted by Gasteiger charge is 2.12. The molecule has 2 rings (SSSR count). The van der Waals surface area contributed by atoms with Gasteiger partial charge < -0.3 is 14.4 Å². The third-order valence-corrected chi connectivity index (χ3v) is 3.09. The van der Waals surface area contributed by atoms with Crippen molar-refractivity contribution in [2.24, 2.45) is 0 Å². The van der Waals surface area contributed by atoms with Crippen molar-refractivity contribution in [3.63, 3.8) is 0 Å². The molecule has 1 atom stereocenters. The predicted octanol–water partition coefficient (Wildman–Crippen LogP) is 3.03. The van der Waals surface area contributed by atoms with Crippen LogP contribution in [-0.2, 0) is 13.0 Å². The van der Waals surface area contributed by atoms with Gasteiger partial charge >= 0.3 is 0 Å². The van der Waals surface area contributed by atoms with Crippen LogP contribution >= 0.6 is 15.9 Å². The van der Waals surface area contributed by atoms with Gasteiger partial charge in [-0.15, -0.1) is 0 Å². The van der Waals surface area contributed by atoms with Gasteiger partial charge in [0.15, 0.2) is 12.4 Å². The molecule has 1 unspecified atom stereocenters. The van der Waals surface area contributed by atoms with E-state index in [2.05, 4.69) is 26.1 Å². The first-order valence-corrected chi connectivity index (χ1v) is 6.81. The predicted molar refractivity (Wildman–Crippen MR) is 72.8 cm³/mol. The third kappa shape index (κ3) is 3.54. The Labute approximate surface area is 119 Å². The van der Waals surface area contributed by atoms with Crippen LogP contribution in [0.5, 0.6) is 5.75 Å². The lowest BCUT2D eigenvalue weighted by Gasteiger charge is -2.12. The lowest BCUT2D eigenvalue weighted by Crippen LogP contribution is -2.01. The number of rotatable bonds is 5. The van der Waals surface area contributed by atoms with Crippen LogP contribution in [0.1, 0.15) is 37.2 Å². The fraction of sp³-hybridized carbons (Fsp3) is 0.385. The van der Waals surface area contributed by atoms with Crippen LogP contribution < -0.4 is 4.74 Å². The summed E-state index contributed by atoms with van der Waals surface area (Å²) in [6, 6.07) is 5.47. The molecule has 0 saturated heterocycles. The van der Waals surface area contributed by atoms with Gasteiger partial charge in [0.2, 0.25) is 0 Å². The molecular formula is C13H15BrN2O3. The number of hydrogen-bond donors (Lipinski definition) is 1. The van der Waals surface area contributed by atoms with Gasteiger partial charge in [0.1, 0.15) is 5.75 Å². The first kappa shape index (κ1) is 14.0. The van der Waals surface area contributed by atoms with E-state index in [0.717, 1.165) is 10.9 Å². The number of aromatic nitrogens is 2. The molecule has 0 fully saturated rings. The summed E-state index contributed by atoms with van der Waals surface area (Å²) < 4.78 is 11.6. The van der Waals surface area contributed by atoms with E-state index in [0.29, 0.717) is 23.0 Å². The lowest BCUT2D eigenvalue weighted by atomic mass is 10.1. The molecule has 6 heteroatoms. The minimum atomic E-state index is -0.610. The average molecular weight is 327 g/mol. The molecule has 1 heterocycles. The van der Waals surface area contributed by atoms with Crippen molar-refractivity contribution in [1.82, 2.24) is 10.1 Å². The first-order chi connectivity index (χ1) is 9.10. The highest BCUT2D eigenvalue weighted by Crippen LogP contribution is 2.28. The molecule has 0 aliphatic carbocycles. The van der Waals surface area contributed by atoms with Crippen LogP contribution in [0.25, 0.3) is 0 Å². The summed E-state index contributed by atoms with van der Waals surface area (Å²) in [5, 5.41) is 13.5. The van der Waals surface area contributed by atoms with E-state index in [1.807, 2.05) is 19.1 Å². The second kappa shape index (κ2) is 6.16. The van der Waals surface area contributed by atoms with Crippen LogP contribution in [0, 0.1) is 0 Å². The maximum Gasteiger partial charge on any atom is 0.264 e. The summed E-state index contributed by atoms with van der Waals surface area (Å²) in [5.41, 5.74) is 0.713. The zero-order chi connectivity index (χ0) is 13.8. The second-order valence-corrected chi connectivity index (χ2v) is 5.02. The maximum atomic E-state index is 9.72. The van der Waals surface area contributed by atoms with Crippen LogP contribution in [0.2, 0.25) is 0 Å². The number of hydrogen-bond acceptors (Lipinski definition) is 5. The van der Waals surface area contributed by atoms with Gasteiger partial charge in [0.25, 0.3) is 5.89 Å². The number of nitrogens with zero attached hydrogens (tertiary/aromatic N) is 2. The minimum Gasteiger partial charge on any atom is -0.483 e. The molecule has 0 saturated carbocycles. The number of ether oxygens (including phenoxy) is 1. The van der Waals surface area contributed by atoms with Gasteiger partial charge in [0, 0.05) is 16.5 Å². The van der Waals surface area contributed by atoms with E-state index in [4.69, 9.17) is 9.26 Å². The van der Waals surface area contributed by atoms with Gasteiger partial charge in [-0.25, -0.2) is 0 Å². The summed E-state index contributed by atoms with van der Waals surface area (Å²) in [7, 11) is 0. The van der Waals surface area contributed by atoms with Crippen LogP contribution in [-0.4, -0.2) is 15.2 Å². The monoisotopic (exact) mass is 326 g/mol. The van der Waals surface area contributed by atoms with Crippen LogP contribution in [0.4, 0.5) is 0 Å². The Morgan fingerprint density at radius 2 is 2.26 bits per heavy atom. The maximum absolute atomic E-state index is 9.72. The van der Waals surface area contributed by atoms with Crippen molar-refractivity contribution in [3.05, 3.63) is 40.0 Å².